The second-order valence-electron chi connectivity index (χ2n) is 13.5. The minimum absolute atomic E-state index is 0.559. The molecule has 0 unspecified atom stereocenters. The molecular formula is C50H30N4O. The van der Waals surface area contributed by atoms with Gasteiger partial charge in [0.15, 0.2) is 17.5 Å². The van der Waals surface area contributed by atoms with E-state index in [4.69, 9.17) is 19.4 Å². The van der Waals surface area contributed by atoms with Crippen LogP contribution in [0.3, 0.4) is 0 Å². The quantitative estimate of drug-likeness (QED) is 0.172. The Balaban J connectivity index is 1.15. The molecule has 5 heteroatoms. The topological polar surface area (TPSA) is 75.6 Å². The number of hydrogen-bond acceptors (Lipinski definition) is 5. The third-order valence-electron chi connectivity index (χ3n) is 10.2. The molecule has 10 rings (SSSR count). The molecule has 0 amide bonds. The van der Waals surface area contributed by atoms with Gasteiger partial charge < -0.3 is 4.42 Å². The van der Waals surface area contributed by atoms with E-state index in [1.54, 1.807) is 0 Å². The molecule has 0 spiro atoms. The van der Waals surface area contributed by atoms with Crippen molar-refractivity contribution in [2.45, 2.75) is 0 Å². The van der Waals surface area contributed by atoms with Gasteiger partial charge in [-0.15, -0.1) is 0 Å². The molecule has 10 aromatic rings. The van der Waals surface area contributed by atoms with Crippen LogP contribution in [-0.2, 0) is 0 Å². The van der Waals surface area contributed by atoms with Gasteiger partial charge in [0, 0.05) is 27.5 Å². The van der Waals surface area contributed by atoms with Gasteiger partial charge in [-0.3, -0.25) is 0 Å². The zero-order valence-corrected chi connectivity index (χ0v) is 29.5. The number of fused-ring (bicyclic) bond motifs is 5. The molecule has 0 saturated carbocycles. The van der Waals surface area contributed by atoms with Gasteiger partial charge in [0.25, 0.3) is 0 Å². The first kappa shape index (κ1) is 32.0. The fourth-order valence-electron chi connectivity index (χ4n) is 7.52. The van der Waals surface area contributed by atoms with E-state index in [2.05, 4.69) is 97.1 Å². The van der Waals surface area contributed by atoms with E-state index >= 15 is 0 Å². The van der Waals surface area contributed by atoms with Gasteiger partial charge in [-0.25, -0.2) is 15.0 Å². The Morgan fingerprint density at radius 3 is 1.65 bits per heavy atom. The fraction of sp³-hybridized carbons (Fsp3) is 0. The summed E-state index contributed by atoms with van der Waals surface area (Å²) in [6, 6.07) is 64.0. The van der Waals surface area contributed by atoms with Crippen molar-refractivity contribution >= 4 is 32.7 Å². The normalized spacial score (nSPS) is 11.3. The second-order valence-corrected chi connectivity index (χ2v) is 13.5. The lowest BCUT2D eigenvalue weighted by molar-refractivity contribution is 0.669. The monoisotopic (exact) mass is 702 g/mol. The minimum Gasteiger partial charge on any atom is -0.456 e. The first-order valence-electron chi connectivity index (χ1n) is 18.2. The first-order valence-corrected chi connectivity index (χ1v) is 18.2. The average molecular weight is 703 g/mol. The molecule has 2 aromatic heterocycles. The van der Waals surface area contributed by atoms with E-state index in [0.717, 1.165) is 77.2 Å². The number of benzene rings is 8. The van der Waals surface area contributed by atoms with Crippen LogP contribution < -0.4 is 0 Å². The van der Waals surface area contributed by atoms with Crippen molar-refractivity contribution in [2.75, 3.05) is 0 Å². The maximum atomic E-state index is 9.43. The Kier molecular flexibility index (Phi) is 7.79. The van der Waals surface area contributed by atoms with Gasteiger partial charge in [-0.05, 0) is 74.5 Å². The summed E-state index contributed by atoms with van der Waals surface area (Å²) in [6.45, 7) is 0. The Hall–Kier alpha value is -7.68. The van der Waals surface area contributed by atoms with Crippen LogP contribution >= 0.6 is 0 Å². The largest absolute Gasteiger partial charge is 0.456 e. The van der Waals surface area contributed by atoms with Crippen LogP contribution in [0, 0.1) is 11.3 Å². The van der Waals surface area contributed by atoms with E-state index < -0.39 is 0 Å². The molecule has 0 aliphatic carbocycles. The van der Waals surface area contributed by atoms with E-state index in [9.17, 15) is 5.26 Å². The van der Waals surface area contributed by atoms with Crippen LogP contribution in [0.25, 0.3) is 100 Å². The maximum Gasteiger partial charge on any atom is 0.164 e. The van der Waals surface area contributed by atoms with Gasteiger partial charge in [-0.2, -0.15) is 5.26 Å². The second kappa shape index (κ2) is 13.4. The van der Waals surface area contributed by atoms with E-state index in [1.165, 1.54) is 5.56 Å². The predicted molar refractivity (Wildman–Crippen MR) is 222 cm³/mol. The van der Waals surface area contributed by atoms with Crippen molar-refractivity contribution in [1.82, 2.24) is 15.0 Å². The van der Waals surface area contributed by atoms with E-state index in [-0.39, 0.29) is 0 Å². The highest BCUT2D eigenvalue weighted by molar-refractivity contribution is 6.25. The van der Waals surface area contributed by atoms with Crippen molar-refractivity contribution in [2.24, 2.45) is 0 Å². The number of nitrogens with zero attached hydrogens (tertiary/aromatic N) is 4. The molecule has 55 heavy (non-hydrogen) atoms. The van der Waals surface area contributed by atoms with Crippen LogP contribution in [0.4, 0.5) is 0 Å². The summed E-state index contributed by atoms with van der Waals surface area (Å²) in [5.41, 5.74) is 11.4. The van der Waals surface area contributed by atoms with Crippen LogP contribution in [0.1, 0.15) is 5.56 Å². The summed E-state index contributed by atoms with van der Waals surface area (Å²) in [5.74, 6) is 1.71. The minimum atomic E-state index is 0.559. The highest BCUT2D eigenvalue weighted by atomic mass is 16.3. The molecule has 0 fully saturated rings. The fourth-order valence-corrected chi connectivity index (χ4v) is 7.52. The molecule has 0 bridgehead atoms. The van der Waals surface area contributed by atoms with Crippen LogP contribution in [-0.4, -0.2) is 15.0 Å². The van der Waals surface area contributed by atoms with Crippen molar-refractivity contribution in [3.8, 4) is 73.6 Å². The van der Waals surface area contributed by atoms with Gasteiger partial charge >= 0.3 is 0 Å². The standard InChI is InChI=1S/C50H30N4O/c51-31-32-12-9-17-37(28-32)34-24-26-36(27-25-34)49-52-48(35-15-5-2-6-16-35)53-50(54-49)43-30-45-47(42-21-8-7-20-41(42)43)46-40(22-11-23-44(46)55-45)39-19-10-18-38(29-39)33-13-3-1-4-14-33/h1-30H. The Bertz CT molecular complexity index is 3090. The lowest BCUT2D eigenvalue weighted by atomic mass is 9.93. The average Bonchev–Trinajstić information content (AvgIpc) is 3.66. The van der Waals surface area contributed by atoms with Gasteiger partial charge in [0.05, 0.1) is 11.6 Å². The Labute approximate surface area is 317 Å². The summed E-state index contributed by atoms with van der Waals surface area (Å²) in [6.07, 6.45) is 0. The highest BCUT2D eigenvalue weighted by Crippen LogP contribution is 2.43. The Morgan fingerprint density at radius 2 is 0.909 bits per heavy atom. The molecular weight excluding hydrogens is 673 g/mol. The van der Waals surface area contributed by atoms with E-state index in [1.807, 2.05) is 91.0 Å². The third kappa shape index (κ3) is 5.79. The van der Waals surface area contributed by atoms with Gasteiger partial charge in [-0.1, -0.05) is 152 Å². The summed E-state index contributed by atoms with van der Waals surface area (Å²) in [4.78, 5) is 15.2. The van der Waals surface area contributed by atoms with Crippen molar-refractivity contribution < 1.29 is 4.42 Å². The molecule has 0 radical (unpaired) electrons. The van der Waals surface area contributed by atoms with Crippen molar-refractivity contribution in [3.63, 3.8) is 0 Å². The summed E-state index contributed by atoms with van der Waals surface area (Å²) in [7, 11) is 0. The smallest absolute Gasteiger partial charge is 0.164 e. The summed E-state index contributed by atoms with van der Waals surface area (Å²) >= 11 is 0. The van der Waals surface area contributed by atoms with Gasteiger partial charge in [0.1, 0.15) is 11.2 Å². The molecule has 0 aliphatic rings. The molecule has 5 nitrogen and oxygen atoms in total. The maximum absolute atomic E-state index is 9.43. The molecule has 0 atom stereocenters. The van der Waals surface area contributed by atoms with E-state index in [0.29, 0.717) is 23.0 Å². The molecule has 256 valence electrons. The molecule has 2 heterocycles. The first-order chi connectivity index (χ1) is 27.2. The number of nitriles is 1. The van der Waals surface area contributed by atoms with Crippen LogP contribution in [0.2, 0.25) is 0 Å². The lowest BCUT2D eigenvalue weighted by Gasteiger charge is -2.12. The third-order valence-corrected chi connectivity index (χ3v) is 10.2. The molecule has 0 aliphatic heterocycles. The molecule has 0 saturated heterocycles. The highest BCUT2D eigenvalue weighted by Gasteiger charge is 2.21. The van der Waals surface area contributed by atoms with Crippen LogP contribution in [0.15, 0.2) is 186 Å². The van der Waals surface area contributed by atoms with Crippen molar-refractivity contribution in [3.05, 3.63) is 188 Å². The number of furan rings is 1. The lowest BCUT2D eigenvalue weighted by Crippen LogP contribution is -2.00. The van der Waals surface area contributed by atoms with Crippen molar-refractivity contribution in [1.29, 1.82) is 5.26 Å². The van der Waals surface area contributed by atoms with Gasteiger partial charge in [0.2, 0.25) is 0 Å². The van der Waals surface area contributed by atoms with Crippen LogP contribution in [0.5, 0.6) is 0 Å². The summed E-state index contributed by atoms with van der Waals surface area (Å²) in [5, 5.41) is 13.6. The Morgan fingerprint density at radius 1 is 0.364 bits per heavy atom. The number of rotatable bonds is 6. The SMILES string of the molecule is N#Cc1cccc(-c2ccc(-c3nc(-c4ccccc4)nc(-c4cc5oc6cccc(-c7cccc(-c8ccccc8)c7)c6c5c5ccccc45)n3)cc2)c1. The number of hydrogen-bond donors (Lipinski definition) is 0. The predicted octanol–water partition coefficient (Wildman–Crippen LogP) is 12.8. The molecule has 8 aromatic carbocycles. The summed E-state index contributed by atoms with van der Waals surface area (Å²) < 4.78 is 6.71. The zero-order valence-electron chi connectivity index (χ0n) is 29.5. The zero-order chi connectivity index (χ0) is 36.7. The number of aromatic nitrogens is 3. The molecule has 0 N–H and O–H groups in total.